The number of nitrogens with two attached hydrogens (primary N) is 5. The van der Waals surface area contributed by atoms with Crippen LogP contribution in [0.15, 0.2) is 72.1 Å². The van der Waals surface area contributed by atoms with Crippen molar-refractivity contribution in [1.29, 1.82) is 0 Å². The topological polar surface area (TPSA) is 499 Å². The van der Waals surface area contributed by atoms with E-state index in [1.165, 1.54) is 24.7 Å². The number of benzene rings is 2. The van der Waals surface area contributed by atoms with Crippen LogP contribution >= 0.6 is 0 Å². The predicted octanol–water partition coefficient (Wildman–Crippen LogP) is -2.08. The van der Waals surface area contributed by atoms with Gasteiger partial charge in [-0.2, -0.15) is 0 Å². The summed E-state index contributed by atoms with van der Waals surface area (Å²) >= 11 is 0. The van der Waals surface area contributed by atoms with E-state index >= 15 is 0 Å². The molecule has 8 amide bonds. The molecule has 10 atom stereocenters. The number of hydrogen-bond donors (Lipinski definition) is 17. The molecule has 0 radical (unpaired) electrons. The number of guanidine groups is 1. The Labute approximate surface area is 499 Å². The molecule has 0 aliphatic carbocycles. The second-order valence-corrected chi connectivity index (χ2v) is 21.4. The molecule has 29 heteroatoms. The van der Waals surface area contributed by atoms with Crippen LogP contribution in [0.4, 0.5) is 0 Å². The molecule has 474 valence electrons. The number of phenolic OH excluding ortho intramolecular Hbond substituents is 1. The highest BCUT2D eigenvalue weighted by atomic mass is 16.4. The number of H-pyrrole nitrogens is 1. The van der Waals surface area contributed by atoms with Crippen LogP contribution < -0.4 is 71.2 Å². The summed E-state index contributed by atoms with van der Waals surface area (Å²) in [6, 6.07) is 1.67. The Morgan fingerprint density at radius 1 is 0.558 bits per heavy atom. The maximum atomic E-state index is 14.5. The summed E-state index contributed by atoms with van der Waals surface area (Å²) in [7, 11) is 0. The van der Waals surface area contributed by atoms with Crippen LogP contribution in [0.5, 0.6) is 5.75 Å². The second kappa shape index (κ2) is 37.6. The number of phenols is 1. The molecule has 22 N–H and O–H groups in total. The van der Waals surface area contributed by atoms with Gasteiger partial charge in [-0.05, 0) is 93.1 Å². The Morgan fingerprint density at radius 3 is 1.59 bits per heavy atom. The van der Waals surface area contributed by atoms with Crippen molar-refractivity contribution in [3.8, 4) is 5.75 Å². The zero-order valence-corrected chi connectivity index (χ0v) is 49.2. The molecule has 1 aromatic heterocycles. The minimum Gasteiger partial charge on any atom is -0.508 e. The Bertz CT molecular complexity index is 2690. The van der Waals surface area contributed by atoms with Gasteiger partial charge < -0.3 is 91.5 Å². The summed E-state index contributed by atoms with van der Waals surface area (Å²) in [5, 5.41) is 50.4. The molecule has 0 aliphatic rings. The monoisotopic (exact) mass is 1200 g/mol. The Hall–Kier alpha value is -8.70. The molecule has 0 saturated carbocycles. The van der Waals surface area contributed by atoms with Gasteiger partial charge in [0.15, 0.2) is 5.96 Å². The number of aliphatic imine (C=N–C) groups is 1. The smallest absolute Gasteiger partial charge is 0.326 e. The number of aliphatic carboxylic acids is 2. The van der Waals surface area contributed by atoms with Crippen molar-refractivity contribution in [3.63, 3.8) is 0 Å². The van der Waals surface area contributed by atoms with Gasteiger partial charge in [0.25, 0.3) is 0 Å². The van der Waals surface area contributed by atoms with E-state index in [-0.39, 0.29) is 76.2 Å². The fourth-order valence-electron chi connectivity index (χ4n) is 8.87. The lowest BCUT2D eigenvalue weighted by Gasteiger charge is -2.31. The Kier molecular flexibility index (Phi) is 31.3. The molecule has 2 aromatic carbocycles. The van der Waals surface area contributed by atoms with Gasteiger partial charge >= 0.3 is 11.9 Å². The van der Waals surface area contributed by atoms with Crippen LogP contribution in [0.1, 0.15) is 109 Å². The minimum absolute atomic E-state index is 0.0156. The van der Waals surface area contributed by atoms with E-state index < -0.39 is 132 Å². The molecular weight excluding hydrogens is 1120 g/mol. The van der Waals surface area contributed by atoms with Gasteiger partial charge in [0.2, 0.25) is 47.3 Å². The molecule has 0 fully saturated rings. The van der Waals surface area contributed by atoms with E-state index in [0.717, 1.165) is 0 Å². The number of aromatic amines is 1. The molecule has 1 heterocycles. The largest absolute Gasteiger partial charge is 0.508 e. The van der Waals surface area contributed by atoms with E-state index in [9.17, 15) is 63.3 Å². The number of carboxylic acid groups (broad SMARTS) is 2. The zero-order chi connectivity index (χ0) is 63.9. The fourth-order valence-corrected chi connectivity index (χ4v) is 8.87. The summed E-state index contributed by atoms with van der Waals surface area (Å²) in [5.74, 6) is -11.4. The van der Waals surface area contributed by atoms with Crippen molar-refractivity contribution < 1.29 is 63.3 Å². The lowest BCUT2D eigenvalue weighted by molar-refractivity contribution is -0.143. The van der Waals surface area contributed by atoms with Crippen LogP contribution in [0, 0.1) is 11.8 Å². The molecule has 29 nitrogen and oxygen atoms in total. The van der Waals surface area contributed by atoms with E-state index in [1.54, 1.807) is 70.2 Å². The van der Waals surface area contributed by atoms with E-state index in [4.69, 9.17) is 28.7 Å². The van der Waals surface area contributed by atoms with Crippen molar-refractivity contribution in [2.45, 2.75) is 166 Å². The van der Waals surface area contributed by atoms with Crippen LogP contribution in [0.3, 0.4) is 0 Å². The number of carboxylic acids is 2. The van der Waals surface area contributed by atoms with Gasteiger partial charge in [0.1, 0.15) is 54.1 Å². The van der Waals surface area contributed by atoms with Crippen LogP contribution in [-0.2, 0) is 67.2 Å². The van der Waals surface area contributed by atoms with Gasteiger partial charge in [0, 0.05) is 37.7 Å². The lowest BCUT2D eigenvalue weighted by Crippen LogP contribution is -2.62. The maximum Gasteiger partial charge on any atom is 0.326 e. The lowest BCUT2D eigenvalue weighted by atomic mass is 9.95. The highest BCUT2D eigenvalue weighted by Crippen LogP contribution is 2.16. The number of amides is 8. The third-order valence-electron chi connectivity index (χ3n) is 14.0. The van der Waals surface area contributed by atoms with Gasteiger partial charge in [-0.15, -0.1) is 0 Å². The molecule has 0 spiro atoms. The summed E-state index contributed by atoms with van der Waals surface area (Å²) in [5.41, 5.74) is 30.2. The first-order valence-electron chi connectivity index (χ1n) is 28.7. The number of aromatic hydroxyl groups is 1. The second-order valence-electron chi connectivity index (χ2n) is 21.4. The number of nitrogens with zero attached hydrogens (tertiary/aromatic N) is 2. The average molecular weight is 1210 g/mol. The first-order valence-corrected chi connectivity index (χ1v) is 28.7. The van der Waals surface area contributed by atoms with Crippen molar-refractivity contribution in [3.05, 3.63) is 83.9 Å². The van der Waals surface area contributed by atoms with Crippen molar-refractivity contribution in [2.24, 2.45) is 45.5 Å². The quantitative estimate of drug-likeness (QED) is 0.0165. The molecule has 86 heavy (non-hydrogen) atoms. The SMILES string of the molecule is CCC(C)C(NC(=O)C(NC(=O)C(CCCN=C(N)N)NC(=O)C(Cc1cnc[nH]1)NC(=O)C(Cc1ccc(O)cc1)NC(=O)C(N)CCCCN)C(C)C)C(=O)NC(CCCCN)C(=O)NC(CC(=O)O)C(=O)NC(Cc1ccccc1)C(=O)O. The zero-order valence-electron chi connectivity index (χ0n) is 49.2. The number of imidazole rings is 1. The molecular formula is C57H88N16O13. The first-order chi connectivity index (χ1) is 40.9. The van der Waals surface area contributed by atoms with Crippen LogP contribution in [0.25, 0.3) is 0 Å². The first kappa shape index (κ1) is 71.6. The molecule has 0 aliphatic heterocycles. The molecule has 0 saturated heterocycles. The van der Waals surface area contributed by atoms with Crippen molar-refractivity contribution in [2.75, 3.05) is 19.6 Å². The third-order valence-corrected chi connectivity index (χ3v) is 14.0. The Morgan fingerprint density at radius 2 is 1.03 bits per heavy atom. The fraction of sp³-hybridized carbons (Fsp3) is 0.544. The standard InChI is InChI=1S/C57H88N16O13/c1-5-33(4)47(55(84)67-39(17-10-12-24-59)49(78)70-43(29-45(75)76)53(82)71-44(56(85)86)27-34-14-7-6-8-15-34)73-54(83)46(32(2)3)72-50(79)40(18-13-25-64-57(61)62)66-52(81)42(28-36-30-63-31-65-36)69-51(80)41(26-35-19-21-37(74)22-20-35)68-48(77)38(60)16-9-11-23-58/h6-8,14-15,19-22,30-33,38-44,46-47,74H,5,9-13,16-18,23-29,58-60H2,1-4H3,(H,63,65)(H,66,81)(H,67,84)(H,68,77)(H,69,80)(H,70,78)(H,71,82)(H,72,79)(H,73,83)(H,75,76)(H,85,86)(H4,61,62,64). The number of carbonyl (C=O) groups is 10. The highest BCUT2D eigenvalue weighted by Gasteiger charge is 2.37. The van der Waals surface area contributed by atoms with Crippen LogP contribution in [-0.4, -0.2) is 164 Å². The number of hydrogen-bond acceptors (Lipinski definition) is 16. The number of aromatic nitrogens is 2. The van der Waals surface area contributed by atoms with Crippen LogP contribution in [0.2, 0.25) is 0 Å². The summed E-state index contributed by atoms with van der Waals surface area (Å²) in [6.45, 7) is 7.25. The molecule has 10 unspecified atom stereocenters. The number of carbonyl (C=O) groups excluding carboxylic acids is 8. The van der Waals surface area contributed by atoms with Gasteiger partial charge in [0.05, 0.1) is 18.8 Å². The third kappa shape index (κ3) is 25.7. The summed E-state index contributed by atoms with van der Waals surface area (Å²) in [4.78, 5) is 148. The molecule has 3 rings (SSSR count). The summed E-state index contributed by atoms with van der Waals surface area (Å²) in [6.07, 6.45) is 3.75. The van der Waals surface area contributed by atoms with Crippen molar-refractivity contribution >= 4 is 65.2 Å². The Balaban J connectivity index is 1.93. The molecule has 0 bridgehead atoms. The van der Waals surface area contributed by atoms with E-state index in [0.29, 0.717) is 49.0 Å². The van der Waals surface area contributed by atoms with Gasteiger partial charge in [-0.3, -0.25) is 48.1 Å². The number of unbranched alkanes of at least 4 members (excludes halogenated alkanes) is 2. The predicted molar refractivity (Wildman–Crippen MR) is 318 cm³/mol. The maximum absolute atomic E-state index is 14.5. The average Bonchev–Trinajstić information content (AvgIpc) is 3.44. The number of nitrogens with one attached hydrogen (secondary N) is 9. The van der Waals surface area contributed by atoms with Gasteiger partial charge in [-0.1, -0.05) is 83.0 Å². The van der Waals surface area contributed by atoms with Crippen molar-refractivity contribution in [1.82, 2.24) is 52.5 Å². The molecule has 3 aromatic rings. The van der Waals surface area contributed by atoms with E-state index in [1.807, 2.05) is 0 Å². The van der Waals surface area contributed by atoms with Gasteiger partial charge in [-0.25, -0.2) is 9.78 Å². The normalized spacial score (nSPS) is 14.6. The number of rotatable bonds is 40. The van der Waals surface area contributed by atoms with E-state index in [2.05, 4.69) is 57.5 Å². The minimum atomic E-state index is -1.79. The summed E-state index contributed by atoms with van der Waals surface area (Å²) < 4.78 is 0. The highest BCUT2D eigenvalue weighted by molar-refractivity contribution is 5.99.